The lowest BCUT2D eigenvalue weighted by Crippen LogP contribution is -2.39. The maximum absolute atomic E-state index is 12.5. The molecule has 116 valence electrons. The SMILES string of the molecule is CCN(C(=O)Cc1coc(-c2ccccc2)n1)C1CCCC1. The molecule has 0 aliphatic heterocycles. The van der Waals surface area contributed by atoms with E-state index in [9.17, 15) is 4.79 Å². The van der Waals surface area contributed by atoms with Gasteiger partial charge < -0.3 is 9.32 Å². The van der Waals surface area contributed by atoms with Crippen LogP contribution >= 0.6 is 0 Å². The molecule has 0 unspecified atom stereocenters. The van der Waals surface area contributed by atoms with E-state index < -0.39 is 0 Å². The minimum absolute atomic E-state index is 0.155. The zero-order valence-electron chi connectivity index (χ0n) is 13.0. The van der Waals surface area contributed by atoms with Crippen LogP contribution in [-0.2, 0) is 11.2 Å². The van der Waals surface area contributed by atoms with Gasteiger partial charge in [-0.3, -0.25) is 4.79 Å². The van der Waals surface area contributed by atoms with Crippen LogP contribution < -0.4 is 0 Å². The van der Waals surface area contributed by atoms with Crippen molar-refractivity contribution in [2.24, 2.45) is 0 Å². The smallest absolute Gasteiger partial charge is 0.228 e. The highest BCUT2D eigenvalue weighted by Gasteiger charge is 2.25. The van der Waals surface area contributed by atoms with Gasteiger partial charge in [-0.15, -0.1) is 0 Å². The van der Waals surface area contributed by atoms with Gasteiger partial charge in [-0.1, -0.05) is 31.0 Å². The Morgan fingerprint density at radius 1 is 1.27 bits per heavy atom. The molecule has 1 aromatic heterocycles. The van der Waals surface area contributed by atoms with E-state index in [-0.39, 0.29) is 5.91 Å². The standard InChI is InChI=1S/C18H22N2O2/c1-2-20(16-10-6-7-11-16)17(21)12-15-13-22-18(19-15)14-8-4-3-5-9-14/h3-5,8-9,13,16H,2,6-7,10-12H2,1H3. The van der Waals surface area contributed by atoms with Gasteiger partial charge in [0, 0.05) is 18.2 Å². The van der Waals surface area contributed by atoms with E-state index in [0.717, 1.165) is 24.9 Å². The molecule has 1 aliphatic carbocycles. The molecule has 1 amide bonds. The van der Waals surface area contributed by atoms with Gasteiger partial charge in [0.05, 0.1) is 12.1 Å². The predicted octanol–water partition coefficient (Wildman–Crippen LogP) is 3.68. The van der Waals surface area contributed by atoms with E-state index >= 15 is 0 Å². The molecule has 1 aliphatic rings. The number of oxazole rings is 1. The zero-order valence-corrected chi connectivity index (χ0v) is 13.0. The number of amides is 1. The van der Waals surface area contributed by atoms with Crippen molar-refractivity contribution in [2.45, 2.75) is 45.1 Å². The lowest BCUT2D eigenvalue weighted by atomic mass is 10.2. The molecule has 4 nitrogen and oxygen atoms in total. The lowest BCUT2D eigenvalue weighted by Gasteiger charge is -2.27. The maximum Gasteiger partial charge on any atom is 0.228 e. The van der Waals surface area contributed by atoms with Crippen LogP contribution in [0.5, 0.6) is 0 Å². The minimum Gasteiger partial charge on any atom is -0.444 e. The number of hydrogen-bond acceptors (Lipinski definition) is 3. The van der Waals surface area contributed by atoms with Gasteiger partial charge in [0.25, 0.3) is 0 Å². The Bertz CT molecular complexity index is 615. The summed E-state index contributed by atoms with van der Waals surface area (Å²) in [5.41, 5.74) is 1.64. The van der Waals surface area contributed by atoms with Crippen LogP contribution in [0.3, 0.4) is 0 Å². The van der Waals surface area contributed by atoms with Crippen LogP contribution in [0, 0.1) is 0 Å². The third kappa shape index (κ3) is 3.21. The summed E-state index contributed by atoms with van der Waals surface area (Å²) in [6, 6.07) is 10.2. The predicted molar refractivity (Wildman–Crippen MR) is 85.3 cm³/mol. The van der Waals surface area contributed by atoms with Crippen molar-refractivity contribution < 1.29 is 9.21 Å². The molecule has 3 rings (SSSR count). The van der Waals surface area contributed by atoms with Gasteiger partial charge in [-0.05, 0) is 31.9 Å². The summed E-state index contributed by atoms with van der Waals surface area (Å²) in [4.78, 5) is 19.0. The molecule has 0 saturated heterocycles. The van der Waals surface area contributed by atoms with Crippen LogP contribution in [0.4, 0.5) is 0 Å². The molecule has 1 heterocycles. The molecule has 1 fully saturated rings. The van der Waals surface area contributed by atoms with Crippen molar-refractivity contribution >= 4 is 5.91 Å². The number of carbonyl (C=O) groups excluding carboxylic acids is 1. The third-order valence-corrected chi connectivity index (χ3v) is 4.33. The fourth-order valence-electron chi connectivity index (χ4n) is 3.21. The number of rotatable bonds is 5. The second kappa shape index (κ2) is 6.77. The van der Waals surface area contributed by atoms with Crippen LogP contribution in [0.2, 0.25) is 0 Å². The van der Waals surface area contributed by atoms with Crippen LogP contribution in [-0.4, -0.2) is 28.4 Å². The summed E-state index contributed by atoms with van der Waals surface area (Å²) in [7, 11) is 0. The van der Waals surface area contributed by atoms with Crippen LogP contribution in [0.25, 0.3) is 11.5 Å². The summed E-state index contributed by atoms with van der Waals surface area (Å²) >= 11 is 0. The molecule has 1 aromatic carbocycles. The monoisotopic (exact) mass is 298 g/mol. The van der Waals surface area contributed by atoms with Gasteiger partial charge in [-0.25, -0.2) is 4.98 Å². The van der Waals surface area contributed by atoms with E-state index in [1.165, 1.54) is 12.8 Å². The van der Waals surface area contributed by atoms with Crippen molar-refractivity contribution in [3.8, 4) is 11.5 Å². The first-order chi connectivity index (χ1) is 10.8. The molecular formula is C18H22N2O2. The molecular weight excluding hydrogens is 276 g/mol. The van der Waals surface area contributed by atoms with Crippen molar-refractivity contribution in [1.29, 1.82) is 0 Å². The molecule has 4 heteroatoms. The Balaban J connectivity index is 1.67. The minimum atomic E-state index is 0.155. The van der Waals surface area contributed by atoms with Gasteiger partial charge in [-0.2, -0.15) is 0 Å². The fourth-order valence-corrected chi connectivity index (χ4v) is 3.21. The molecule has 0 radical (unpaired) electrons. The number of likely N-dealkylation sites (N-methyl/N-ethyl adjacent to an activating group) is 1. The first-order valence-electron chi connectivity index (χ1n) is 8.07. The first-order valence-corrected chi connectivity index (χ1v) is 8.07. The molecule has 0 atom stereocenters. The van der Waals surface area contributed by atoms with E-state index in [0.29, 0.717) is 24.0 Å². The number of carbonyl (C=O) groups is 1. The Morgan fingerprint density at radius 3 is 2.68 bits per heavy atom. The largest absolute Gasteiger partial charge is 0.444 e. The highest BCUT2D eigenvalue weighted by molar-refractivity contribution is 5.78. The average molecular weight is 298 g/mol. The molecule has 2 aromatic rings. The summed E-state index contributed by atoms with van der Waals surface area (Å²) in [6.07, 6.45) is 6.65. The van der Waals surface area contributed by atoms with E-state index in [1.807, 2.05) is 35.2 Å². The molecule has 0 spiro atoms. The van der Waals surface area contributed by atoms with Crippen molar-refractivity contribution in [1.82, 2.24) is 9.88 Å². The Labute approximate surface area is 131 Å². The van der Waals surface area contributed by atoms with Gasteiger partial charge in [0.1, 0.15) is 6.26 Å². The third-order valence-electron chi connectivity index (χ3n) is 4.33. The van der Waals surface area contributed by atoms with Gasteiger partial charge in [0.2, 0.25) is 11.8 Å². The number of aromatic nitrogens is 1. The second-order valence-electron chi connectivity index (χ2n) is 5.80. The van der Waals surface area contributed by atoms with Crippen LogP contribution in [0.15, 0.2) is 41.0 Å². The Morgan fingerprint density at radius 2 is 2.00 bits per heavy atom. The average Bonchev–Trinajstić information content (AvgIpc) is 3.21. The van der Waals surface area contributed by atoms with Gasteiger partial charge >= 0.3 is 0 Å². The van der Waals surface area contributed by atoms with E-state index in [1.54, 1.807) is 6.26 Å². The van der Waals surface area contributed by atoms with Crippen molar-refractivity contribution in [3.63, 3.8) is 0 Å². The quantitative estimate of drug-likeness (QED) is 0.846. The Hall–Kier alpha value is -2.10. The number of nitrogens with zero attached hydrogens (tertiary/aromatic N) is 2. The van der Waals surface area contributed by atoms with E-state index in [2.05, 4.69) is 11.9 Å². The topological polar surface area (TPSA) is 46.3 Å². The highest BCUT2D eigenvalue weighted by atomic mass is 16.3. The lowest BCUT2D eigenvalue weighted by molar-refractivity contribution is -0.132. The van der Waals surface area contributed by atoms with Crippen LogP contribution in [0.1, 0.15) is 38.3 Å². The summed E-state index contributed by atoms with van der Waals surface area (Å²) in [5.74, 6) is 0.731. The first kappa shape index (κ1) is 14.8. The molecule has 1 saturated carbocycles. The van der Waals surface area contributed by atoms with Crippen molar-refractivity contribution in [3.05, 3.63) is 42.3 Å². The Kier molecular flexibility index (Phi) is 4.56. The fraction of sp³-hybridized carbons (Fsp3) is 0.444. The van der Waals surface area contributed by atoms with Gasteiger partial charge in [0.15, 0.2) is 0 Å². The summed E-state index contributed by atoms with van der Waals surface area (Å²) < 4.78 is 5.51. The number of hydrogen-bond donors (Lipinski definition) is 0. The zero-order chi connectivity index (χ0) is 15.4. The van der Waals surface area contributed by atoms with Crippen molar-refractivity contribution in [2.75, 3.05) is 6.54 Å². The number of benzene rings is 1. The maximum atomic E-state index is 12.5. The highest BCUT2D eigenvalue weighted by Crippen LogP contribution is 2.24. The summed E-state index contributed by atoms with van der Waals surface area (Å²) in [5, 5.41) is 0. The van der Waals surface area contributed by atoms with E-state index in [4.69, 9.17) is 4.42 Å². The molecule has 0 bridgehead atoms. The second-order valence-corrected chi connectivity index (χ2v) is 5.80. The molecule has 0 N–H and O–H groups in total. The molecule has 22 heavy (non-hydrogen) atoms. The normalized spacial score (nSPS) is 15.1. The summed E-state index contributed by atoms with van der Waals surface area (Å²) in [6.45, 7) is 2.82.